The van der Waals surface area contributed by atoms with E-state index in [2.05, 4.69) is 26.8 Å². The molecule has 0 saturated carbocycles. The van der Waals surface area contributed by atoms with Gasteiger partial charge in [0.2, 0.25) is 0 Å². The fourth-order valence-electron chi connectivity index (χ4n) is 0.472. The van der Waals surface area contributed by atoms with Crippen LogP contribution in [0.25, 0.3) is 0 Å². The van der Waals surface area contributed by atoms with Crippen molar-refractivity contribution in [3.8, 4) is 0 Å². The average Bonchev–Trinajstić information content (AvgIpc) is 1.98. The first kappa shape index (κ1) is 6.53. The van der Waals surface area contributed by atoms with Gasteiger partial charge in [-0.15, -0.1) is 0 Å². The van der Waals surface area contributed by atoms with Crippen molar-refractivity contribution in [3.05, 3.63) is 14.6 Å². The van der Waals surface area contributed by atoms with E-state index >= 15 is 0 Å². The number of hydrogen-bond donors (Lipinski definition) is 0. The van der Waals surface area contributed by atoms with Crippen LogP contribution in [0.4, 0.5) is 0 Å². The molecule has 0 fully saturated rings. The minimum absolute atomic E-state index is 0.392. The van der Waals surface area contributed by atoms with Gasteiger partial charge in [0.25, 0.3) is 0 Å². The van der Waals surface area contributed by atoms with Crippen LogP contribution < -0.4 is 0 Å². The molecule has 0 aliphatic heterocycles. The van der Waals surface area contributed by atoms with Gasteiger partial charge >= 0.3 is 63.1 Å². The third-order valence-electron chi connectivity index (χ3n) is 0.946. The van der Waals surface area contributed by atoms with Crippen LogP contribution in [0.2, 0.25) is 0 Å². The molecule has 44 valence electrons. The van der Waals surface area contributed by atoms with Gasteiger partial charge in [-0.25, -0.2) is 0 Å². The van der Waals surface area contributed by atoms with Gasteiger partial charge in [-0.1, -0.05) is 0 Å². The van der Waals surface area contributed by atoms with Crippen LogP contribution in [0, 0.1) is 13.8 Å². The molecule has 1 heterocycles. The molecule has 0 aliphatic carbocycles. The molecule has 1 nitrogen and oxygen atoms in total. The minimum atomic E-state index is 0.392. The average molecular weight is 239 g/mol. The standard InChI is InChI=1S/C5H6BrNSe/c1-3-5(6)4(2)8-7-3/h1-2H3. The van der Waals surface area contributed by atoms with E-state index < -0.39 is 0 Å². The quantitative estimate of drug-likeness (QED) is 0.625. The topological polar surface area (TPSA) is 12.9 Å². The van der Waals surface area contributed by atoms with Crippen LogP contribution in [0.3, 0.4) is 0 Å². The Labute approximate surface area is 63.2 Å². The van der Waals surface area contributed by atoms with E-state index in [1.165, 1.54) is 8.91 Å². The van der Waals surface area contributed by atoms with Gasteiger partial charge in [0.15, 0.2) is 0 Å². The zero-order valence-corrected chi connectivity index (χ0v) is 8.03. The summed E-state index contributed by atoms with van der Waals surface area (Å²) < 4.78 is 6.87. The van der Waals surface area contributed by atoms with E-state index in [1.54, 1.807) is 0 Å². The van der Waals surface area contributed by atoms with Gasteiger partial charge in [0, 0.05) is 0 Å². The van der Waals surface area contributed by atoms with E-state index in [0.29, 0.717) is 14.7 Å². The van der Waals surface area contributed by atoms with E-state index in [1.807, 2.05) is 6.92 Å². The summed E-state index contributed by atoms with van der Waals surface area (Å²) in [5.74, 6) is 0. The van der Waals surface area contributed by atoms with Crippen molar-refractivity contribution in [1.29, 1.82) is 0 Å². The monoisotopic (exact) mass is 239 g/mol. The predicted octanol–water partition coefficient (Wildman–Crippen LogP) is 1.52. The maximum atomic E-state index is 4.26. The molecule has 0 saturated heterocycles. The number of halogens is 1. The molecule has 3 heteroatoms. The van der Waals surface area contributed by atoms with Crippen molar-refractivity contribution in [2.45, 2.75) is 13.8 Å². The molecule has 1 rings (SSSR count). The van der Waals surface area contributed by atoms with Crippen LogP contribution in [0.1, 0.15) is 10.1 Å². The predicted molar refractivity (Wildman–Crippen MR) is 38.4 cm³/mol. The summed E-state index contributed by atoms with van der Waals surface area (Å²) >= 11 is 3.83. The SMILES string of the molecule is Cc1n[se]c(C)c1Br. The molecular weight excluding hydrogens is 233 g/mol. The van der Waals surface area contributed by atoms with Gasteiger partial charge in [0.05, 0.1) is 0 Å². The molecule has 0 amide bonds. The summed E-state index contributed by atoms with van der Waals surface area (Å²) in [6.45, 7) is 4.15. The Morgan fingerprint density at radius 3 is 2.25 bits per heavy atom. The second kappa shape index (κ2) is 2.34. The van der Waals surface area contributed by atoms with Crippen molar-refractivity contribution in [2.75, 3.05) is 0 Å². The van der Waals surface area contributed by atoms with Gasteiger partial charge in [-0.2, -0.15) is 0 Å². The summed E-state index contributed by atoms with van der Waals surface area (Å²) in [6.07, 6.45) is 0. The fraction of sp³-hybridized carbons (Fsp3) is 0.400. The summed E-state index contributed by atoms with van der Waals surface area (Å²) in [5, 5.41) is 0. The Bertz CT molecular complexity index is 175. The molecule has 8 heavy (non-hydrogen) atoms. The Morgan fingerprint density at radius 1 is 1.50 bits per heavy atom. The Morgan fingerprint density at radius 2 is 2.12 bits per heavy atom. The number of hydrogen-bond acceptors (Lipinski definition) is 1. The van der Waals surface area contributed by atoms with Crippen LogP contribution in [-0.2, 0) is 0 Å². The van der Waals surface area contributed by atoms with Gasteiger partial charge in [-0.05, 0) is 0 Å². The first-order valence-corrected chi connectivity index (χ1v) is 4.71. The maximum absolute atomic E-state index is 4.26. The van der Waals surface area contributed by atoms with E-state index in [-0.39, 0.29) is 0 Å². The Balaban J connectivity index is 3.19. The van der Waals surface area contributed by atoms with Crippen molar-refractivity contribution < 1.29 is 0 Å². The zero-order chi connectivity index (χ0) is 6.15. The summed E-state index contributed by atoms with van der Waals surface area (Å²) in [4.78, 5) is 0. The summed E-state index contributed by atoms with van der Waals surface area (Å²) in [7, 11) is 0. The molecule has 0 aromatic carbocycles. The molecule has 0 radical (unpaired) electrons. The van der Waals surface area contributed by atoms with E-state index in [9.17, 15) is 0 Å². The van der Waals surface area contributed by atoms with Crippen LogP contribution >= 0.6 is 15.9 Å². The molecule has 0 N–H and O–H groups in total. The van der Waals surface area contributed by atoms with E-state index in [0.717, 1.165) is 5.69 Å². The Hall–Kier alpha value is 0.409. The molecular formula is C5H6BrNSe. The van der Waals surface area contributed by atoms with Crippen LogP contribution in [0.15, 0.2) is 4.47 Å². The van der Waals surface area contributed by atoms with Crippen molar-refractivity contribution in [3.63, 3.8) is 0 Å². The van der Waals surface area contributed by atoms with Gasteiger partial charge in [-0.3, -0.25) is 0 Å². The third kappa shape index (κ3) is 1.04. The summed E-state index contributed by atoms with van der Waals surface area (Å²) in [5.41, 5.74) is 1.16. The number of rotatable bonds is 0. The Kier molecular flexibility index (Phi) is 1.91. The molecule has 1 aromatic rings. The number of aromatic nitrogens is 1. The normalized spacial score (nSPS) is 9.88. The van der Waals surface area contributed by atoms with Crippen LogP contribution in [-0.4, -0.2) is 18.7 Å². The first-order valence-electron chi connectivity index (χ1n) is 2.30. The fourth-order valence-corrected chi connectivity index (χ4v) is 2.44. The molecule has 0 aliphatic rings. The van der Waals surface area contributed by atoms with Crippen molar-refractivity contribution in [1.82, 2.24) is 3.98 Å². The molecule has 1 aromatic heterocycles. The van der Waals surface area contributed by atoms with Crippen molar-refractivity contribution in [2.24, 2.45) is 0 Å². The molecule has 0 bridgehead atoms. The number of nitrogens with zero attached hydrogens (tertiary/aromatic N) is 1. The van der Waals surface area contributed by atoms with Crippen LogP contribution in [0.5, 0.6) is 0 Å². The van der Waals surface area contributed by atoms with Gasteiger partial charge in [0.1, 0.15) is 0 Å². The summed E-state index contributed by atoms with van der Waals surface area (Å²) in [6, 6.07) is 0. The molecule has 0 atom stereocenters. The second-order valence-electron chi connectivity index (χ2n) is 1.64. The first-order chi connectivity index (χ1) is 3.72. The zero-order valence-electron chi connectivity index (χ0n) is 4.73. The third-order valence-corrected chi connectivity index (χ3v) is 4.47. The van der Waals surface area contributed by atoms with Gasteiger partial charge < -0.3 is 0 Å². The van der Waals surface area contributed by atoms with Crippen molar-refractivity contribution >= 4 is 30.7 Å². The van der Waals surface area contributed by atoms with E-state index in [4.69, 9.17) is 0 Å². The second-order valence-corrected chi connectivity index (χ2v) is 4.48. The number of aryl methyl sites for hydroxylation is 2. The molecule has 0 unspecified atom stereocenters. The molecule has 0 spiro atoms.